The van der Waals surface area contributed by atoms with Gasteiger partial charge >= 0.3 is 0 Å². The maximum absolute atomic E-state index is 14.7. The van der Waals surface area contributed by atoms with Gasteiger partial charge < -0.3 is 25.6 Å². The molecule has 0 bridgehead atoms. The van der Waals surface area contributed by atoms with Gasteiger partial charge in [0.25, 0.3) is 0 Å². The lowest BCUT2D eigenvalue weighted by Gasteiger charge is -2.16. The van der Waals surface area contributed by atoms with E-state index in [2.05, 4.69) is 40.8 Å². The Morgan fingerprint density at radius 1 is 1.11 bits per heavy atom. The molecule has 0 aliphatic heterocycles. The van der Waals surface area contributed by atoms with Gasteiger partial charge in [0.2, 0.25) is 11.9 Å². The molecule has 0 radical (unpaired) electrons. The van der Waals surface area contributed by atoms with Gasteiger partial charge in [-0.1, -0.05) is 26.0 Å². The van der Waals surface area contributed by atoms with Gasteiger partial charge in [0.1, 0.15) is 5.75 Å². The van der Waals surface area contributed by atoms with Gasteiger partial charge in [-0.15, -0.1) is 23.1 Å². The second kappa shape index (κ2) is 11.8. The van der Waals surface area contributed by atoms with E-state index < -0.39 is 5.82 Å². The number of aromatic nitrogens is 2. The summed E-state index contributed by atoms with van der Waals surface area (Å²) in [5.41, 5.74) is 2.16. The fourth-order valence-electron chi connectivity index (χ4n) is 3.57. The van der Waals surface area contributed by atoms with Crippen LogP contribution in [0.15, 0.2) is 52.7 Å². The van der Waals surface area contributed by atoms with E-state index in [4.69, 9.17) is 9.72 Å². The van der Waals surface area contributed by atoms with Crippen LogP contribution in [0.2, 0.25) is 0 Å². The molecule has 8 nitrogen and oxygen atoms in total. The van der Waals surface area contributed by atoms with Gasteiger partial charge in [0, 0.05) is 16.2 Å². The fraction of sp³-hybridized carbons (Fsp3) is 0.269. The number of nitrogens with one attached hydrogen (secondary N) is 3. The Labute approximate surface area is 223 Å². The first-order chi connectivity index (χ1) is 17.7. The highest BCUT2D eigenvalue weighted by Gasteiger charge is 2.17. The number of carbonyl (C=O) groups excluding carboxylic acids is 1. The van der Waals surface area contributed by atoms with Gasteiger partial charge in [-0.25, -0.2) is 9.37 Å². The van der Waals surface area contributed by atoms with Crippen LogP contribution in [-0.4, -0.2) is 53.8 Å². The molecule has 0 atom stereocenters. The van der Waals surface area contributed by atoms with E-state index in [1.165, 1.54) is 19.2 Å². The maximum atomic E-state index is 14.7. The smallest absolute Gasteiger partial charge is 0.238 e. The van der Waals surface area contributed by atoms with Crippen molar-refractivity contribution in [2.45, 2.75) is 24.0 Å². The van der Waals surface area contributed by atoms with Gasteiger partial charge in [0.05, 0.1) is 40.9 Å². The number of likely N-dealkylation sites (N-methyl/N-ethyl adjacent to an activating group) is 1. The molecule has 1 amide bonds. The van der Waals surface area contributed by atoms with Crippen molar-refractivity contribution in [1.29, 1.82) is 0 Å². The Hall–Kier alpha value is -3.41. The number of carbonyl (C=O) groups is 1. The summed E-state index contributed by atoms with van der Waals surface area (Å²) in [6, 6.07) is 12.7. The number of rotatable bonds is 10. The number of methoxy groups -OCH3 is 1. The van der Waals surface area contributed by atoms with Gasteiger partial charge in [-0.05, 0) is 43.7 Å². The molecule has 0 saturated heterocycles. The van der Waals surface area contributed by atoms with Crippen LogP contribution in [0.4, 0.5) is 33.2 Å². The first-order valence-corrected chi connectivity index (χ1v) is 13.4. The lowest BCUT2D eigenvalue weighted by molar-refractivity contribution is -0.116. The molecule has 11 heteroatoms. The summed E-state index contributed by atoms with van der Waals surface area (Å²) in [4.78, 5) is 24.4. The number of hydrogen-bond acceptors (Lipinski definition) is 9. The number of ether oxygens (including phenoxy) is 1. The van der Waals surface area contributed by atoms with Crippen molar-refractivity contribution in [3.05, 3.63) is 53.7 Å². The van der Waals surface area contributed by atoms with Crippen LogP contribution in [0.25, 0.3) is 10.2 Å². The lowest BCUT2D eigenvalue weighted by Crippen LogP contribution is -2.27. The Balaban J connectivity index is 1.68. The Morgan fingerprint density at radius 2 is 1.89 bits per heavy atom. The lowest BCUT2D eigenvalue weighted by atomic mass is 10.2. The summed E-state index contributed by atoms with van der Waals surface area (Å²) in [5, 5.41) is 11.6. The highest BCUT2D eigenvalue weighted by atomic mass is 32.2. The quantitative estimate of drug-likeness (QED) is 0.201. The number of anilines is 5. The Kier molecular flexibility index (Phi) is 8.47. The summed E-state index contributed by atoms with van der Waals surface area (Å²) in [7, 11) is 4.98. The Bertz CT molecular complexity index is 1410. The molecule has 2 heterocycles. The van der Waals surface area contributed by atoms with Crippen LogP contribution in [0.1, 0.15) is 13.8 Å². The van der Waals surface area contributed by atoms with E-state index in [9.17, 15) is 9.18 Å². The van der Waals surface area contributed by atoms with Gasteiger partial charge in [-0.2, -0.15) is 4.98 Å². The molecule has 0 saturated carbocycles. The molecule has 2 aromatic heterocycles. The maximum Gasteiger partial charge on any atom is 0.238 e. The topological polar surface area (TPSA) is 91.4 Å². The van der Waals surface area contributed by atoms with Crippen LogP contribution in [0.3, 0.4) is 0 Å². The third-order valence-electron chi connectivity index (χ3n) is 5.08. The van der Waals surface area contributed by atoms with E-state index in [0.29, 0.717) is 22.7 Å². The highest BCUT2D eigenvalue weighted by molar-refractivity contribution is 8.00. The fourth-order valence-corrected chi connectivity index (χ4v) is 5.26. The van der Waals surface area contributed by atoms with Gasteiger partial charge in [-0.3, -0.25) is 4.79 Å². The molecule has 0 unspecified atom stereocenters. The zero-order chi connectivity index (χ0) is 26.5. The minimum absolute atomic E-state index is 0.0322. The van der Waals surface area contributed by atoms with Crippen molar-refractivity contribution in [1.82, 2.24) is 14.9 Å². The predicted octanol–water partition coefficient (Wildman–Crippen LogP) is 6.33. The minimum atomic E-state index is -0.606. The summed E-state index contributed by atoms with van der Waals surface area (Å²) < 4.78 is 21.0. The molecule has 4 aromatic rings. The average molecular weight is 541 g/mol. The molecule has 0 aliphatic rings. The normalized spacial score (nSPS) is 11.2. The number of thiophene rings is 1. The number of para-hydroxylation sites is 1. The summed E-state index contributed by atoms with van der Waals surface area (Å²) in [5.74, 6) is 0.272. The van der Waals surface area contributed by atoms with Crippen LogP contribution < -0.4 is 20.7 Å². The molecular weight excluding hydrogens is 511 g/mol. The van der Waals surface area contributed by atoms with Crippen LogP contribution in [0, 0.1) is 5.82 Å². The SMILES string of the molecule is COc1cc(F)c(NC(=O)CN(C)C)cc1Nc1nc(Nc2ccccc2SC(C)C)c2sccc2n1. The standard InChI is InChI=1S/C26H29FN6O2S2/c1-15(2)37-22-9-7-6-8-17(22)29-25-24-18(10-11-36-24)30-26(32-25)31-20-13-19(16(27)12-21(20)35-5)28-23(34)14-33(3)4/h6-13,15H,14H2,1-5H3,(H,28,34)(H2,29,30,31,32). The molecular formula is C26H29FN6O2S2. The third-order valence-corrected chi connectivity index (χ3v) is 7.07. The monoisotopic (exact) mass is 540 g/mol. The van der Waals surface area contributed by atoms with Crippen molar-refractivity contribution in [3.8, 4) is 5.75 Å². The molecule has 2 aromatic carbocycles. The molecule has 0 aliphatic carbocycles. The van der Waals surface area contributed by atoms with Crippen molar-refractivity contribution >= 4 is 68.1 Å². The number of fused-ring (bicyclic) bond motifs is 1. The minimum Gasteiger partial charge on any atom is -0.494 e. The van der Waals surface area contributed by atoms with E-state index in [1.54, 1.807) is 42.1 Å². The van der Waals surface area contributed by atoms with Gasteiger partial charge in [0.15, 0.2) is 11.6 Å². The number of nitrogens with zero attached hydrogens (tertiary/aromatic N) is 3. The first-order valence-electron chi connectivity index (χ1n) is 11.6. The number of halogens is 1. The number of thioether (sulfide) groups is 1. The summed E-state index contributed by atoms with van der Waals surface area (Å²) >= 11 is 3.31. The molecule has 0 spiro atoms. The van der Waals surface area contributed by atoms with Crippen molar-refractivity contribution in [2.75, 3.05) is 43.7 Å². The van der Waals surface area contributed by atoms with E-state index in [-0.39, 0.29) is 23.9 Å². The summed E-state index contributed by atoms with van der Waals surface area (Å²) in [6.45, 7) is 4.43. The van der Waals surface area contributed by atoms with E-state index >= 15 is 0 Å². The third kappa shape index (κ3) is 6.68. The number of hydrogen-bond donors (Lipinski definition) is 3. The molecule has 3 N–H and O–H groups in total. The van der Waals surface area contributed by atoms with Crippen LogP contribution in [0.5, 0.6) is 5.75 Å². The molecule has 4 rings (SSSR count). The van der Waals surface area contributed by atoms with Crippen LogP contribution >= 0.6 is 23.1 Å². The second-order valence-corrected chi connectivity index (χ2v) is 11.3. The average Bonchev–Trinajstić information content (AvgIpc) is 3.30. The van der Waals surface area contributed by atoms with Crippen molar-refractivity contribution < 1.29 is 13.9 Å². The highest BCUT2D eigenvalue weighted by Crippen LogP contribution is 2.37. The van der Waals surface area contributed by atoms with Crippen LogP contribution in [-0.2, 0) is 4.79 Å². The zero-order valence-corrected chi connectivity index (χ0v) is 22.9. The Morgan fingerprint density at radius 3 is 2.62 bits per heavy atom. The van der Waals surface area contributed by atoms with E-state index in [1.807, 2.05) is 29.6 Å². The molecule has 0 fully saturated rings. The summed E-state index contributed by atoms with van der Waals surface area (Å²) in [6.07, 6.45) is 0. The predicted molar refractivity (Wildman–Crippen MR) is 152 cm³/mol. The van der Waals surface area contributed by atoms with E-state index in [0.717, 1.165) is 20.8 Å². The number of amides is 1. The molecule has 37 heavy (non-hydrogen) atoms. The van der Waals surface area contributed by atoms with Crippen molar-refractivity contribution in [3.63, 3.8) is 0 Å². The first kappa shape index (κ1) is 26.6. The largest absolute Gasteiger partial charge is 0.494 e. The number of benzene rings is 2. The van der Waals surface area contributed by atoms with Crippen molar-refractivity contribution in [2.24, 2.45) is 0 Å². The second-order valence-electron chi connectivity index (χ2n) is 8.76. The zero-order valence-electron chi connectivity index (χ0n) is 21.3. The molecule has 194 valence electrons.